The summed E-state index contributed by atoms with van der Waals surface area (Å²) in [7, 11) is 1.54. The zero-order valence-electron chi connectivity index (χ0n) is 16.2. The zero-order chi connectivity index (χ0) is 22.2. The number of carbonyl (C=O) groups is 2. The molecule has 1 unspecified atom stereocenters. The minimum atomic E-state index is -4.62. The summed E-state index contributed by atoms with van der Waals surface area (Å²) in [5.41, 5.74) is 0.0677. The van der Waals surface area contributed by atoms with E-state index in [0.717, 1.165) is 17.7 Å². The van der Waals surface area contributed by atoms with Gasteiger partial charge in [0.25, 0.3) is 5.91 Å². The third-order valence-corrected chi connectivity index (χ3v) is 4.90. The molecule has 2 aromatic carbocycles. The summed E-state index contributed by atoms with van der Waals surface area (Å²) in [4.78, 5) is 24.9. The van der Waals surface area contributed by atoms with Crippen LogP contribution < -0.4 is 15.4 Å². The van der Waals surface area contributed by atoms with Crippen molar-refractivity contribution in [2.24, 2.45) is 0 Å². The molecule has 1 aliphatic heterocycles. The smallest absolute Gasteiger partial charge is 0.418 e. The SMILES string of the molecule is COc1cccc(-c2cnn3c2NC(=O)C3CC(=O)Nc2ccccc2C(F)(F)F)c1. The van der Waals surface area contributed by atoms with Crippen molar-refractivity contribution in [3.8, 4) is 16.9 Å². The molecule has 0 radical (unpaired) electrons. The lowest BCUT2D eigenvalue weighted by atomic mass is 10.1. The predicted molar refractivity (Wildman–Crippen MR) is 107 cm³/mol. The average Bonchev–Trinajstić information content (AvgIpc) is 3.27. The van der Waals surface area contributed by atoms with Crippen molar-refractivity contribution < 1.29 is 27.5 Å². The van der Waals surface area contributed by atoms with Gasteiger partial charge in [-0.3, -0.25) is 9.59 Å². The molecule has 7 nitrogen and oxygen atoms in total. The Labute approximate surface area is 174 Å². The lowest BCUT2D eigenvalue weighted by Gasteiger charge is -2.14. The summed E-state index contributed by atoms with van der Waals surface area (Å²) in [5, 5.41) is 9.16. The standard InChI is InChI=1S/C21H17F3N4O3/c1-31-13-6-4-5-12(9-13)14-11-25-28-17(20(30)27-19(14)28)10-18(29)26-16-8-3-2-7-15(16)21(22,23)24/h2-9,11,17H,10H2,1H3,(H,26,29)(H,27,30). The third kappa shape index (κ3) is 3.96. The predicted octanol–water partition coefficient (Wildman–Crippen LogP) is 4.10. The fourth-order valence-corrected chi connectivity index (χ4v) is 3.43. The molecule has 1 aromatic heterocycles. The molecule has 2 amide bonds. The lowest BCUT2D eigenvalue weighted by Crippen LogP contribution is -2.24. The molecule has 0 aliphatic carbocycles. The lowest BCUT2D eigenvalue weighted by molar-refractivity contribution is -0.137. The highest BCUT2D eigenvalue weighted by Crippen LogP contribution is 2.38. The number of aromatic nitrogens is 2. The van der Waals surface area contributed by atoms with Crippen LogP contribution in [0.5, 0.6) is 5.75 Å². The number of nitrogens with zero attached hydrogens (tertiary/aromatic N) is 2. The number of halogens is 3. The number of hydrogen-bond donors (Lipinski definition) is 2. The van der Waals surface area contributed by atoms with Crippen LogP contribution in [-0.2, 0) is 15.8 Å². The Kier molecular flexibility index (Phi) is 5.14. The number of benzene rings is 2. The van der Waals surface area contributed by atoms with Gasteiger partial charge in [0.1, 0.15) is 17.6 Å². The molecule has 0 bridgehead atoms. The van der Waals surface area contributed by atoms with Gasteiger partial charge in [0, 0.05) is 5.56 Å². The number of methoxy groups -OCH3 is 1. The highest BCUT2D eigenvalue weighted by Gasteiger charge is 2.37. The monoisotopic (exact) mass is 430 g/mol. The first-order valence-corrected chi connectivity index (χ1v) is 9.27. The van der Waals surface area contributed by atoms with E-state index in [1.165, 1.54) is 23.9 Å². The molecular weight excluding hydrogens is 413 g/mol. The van der Waals surface area contributed by atoms with Gasteiger partial charge in [0.15, 0.2) is 0 Å². The van der Waals surface area contributed by atoms with Crippen molar-refractivity contribution in [1.29, 1.82) is 0 Å². The molecule has 10 heteroatoms. The van der Waals surface area contributed by atoms with Crippen molar-refractivity contribution >= 4 is 23.3 Å². The van der Waals surface area contributed by atoms with Crippen molar-refractivity contribution in [3.63, 3.8) is 0 Å². The van der Waals surface area contributed by atoms with Gasteiger partial charge < -0.3 is 15.4 Å². The third-order valence-electron chi connectivity index (χ3n) is 4.90. The summed E-state index contributed by atoms with van der Waals surface area (Å²) >= 11 is 0. The van der Waals surface area contributed by atoms with Crippen molar-refractivity contribution in [2.75, 3.05) is 17.7 Å². The van der Waals surface area contributed by atoms with Crippen LogP contribution in [-0.4, -0.2) is 28.7 Å². The van der Waals surface area contributed by atoms with Gasteiger partial charge in [0.2, 0.25) is 5.91 Å². The molecule has 0 fully saturated rings. The largest absolute Gasteiger partial charge is 0.497 e. The molecule has 1 aliphatic rings. The highest BCUT2D eigenvalue weighted by atomic mass is 19.4. The first-order valence-electron chi connectivity index (χ1n) is 9.27. The second-order valence-corrected chi connectivity index (χ2v) is 6.88. The van der Waals surface area contributed by atoms with Gasteiger partial charge >= 0.3 is 6.18 Å². The van der Waals surface area contributed by atoms with E-state index < -0.39 is 29.6 Å². The maximum absolute atomic E-state index is 13.1. The summed E-state index contributed by atoms with van der Waals surface area (Å²) in [5.74, 6) is -0.164. The first kappa shape index (κ1) is 20.5. The summed E-state index contributed by atoms with van der Waals surface area (Å²) in [6.07, 6.45) is -3.44. The quantitative estimate of drug-likeness (QED) is 0.638. The average molecular weight is 430 g/mol. The zero-order valence-corrected chi connectivity index (χ0v) is 16.2. The fraction of sp³-hybridized carbons (Fsp3) is 0.190. The van der Waals surface area contributed by atoms with Crippen molar-refractivity contribution in [2.45, 2.75) is 18.6 Å². The molecular formula is C21H17F3N4O3. The number of fused-ring (bicyclic) bond motifs is 1. The Morgan fingerprint density at radius 1 is 1.23 bits per heavy atom. The number of rotatable bonds is 5. The van der Waals surface area contributed by atoms with Gasteiger partial charge in [-0.1, -0.05) is 24.3 Å². The number of alkyl halides is 3. The molecule has 0 saturated carbocycles. The Balaban J connectivity index is 1.55. The van der Waals surface area contributed by atoms with Crippen LogP contribution in [0.15, 0.2) is 54.7 Å². The van der Waals surface area contributed by atoms with E-state index in [-0.39, 0.29) is 12.1 Å². The number of hydrogen-bond acceptors (Lipinski definition) is 4. The van der Waals surface area contributed by atoms with Gasteiger partial charge in [-0.05, 0) is 29.8 Å². The van der Waals surface area contributed by atoms with Crippen LogP contribution in [0, 0.1) is 0 Å². The molecule has 1 atom stereocenters. The van der Waals surface area contributed by atoms with Gasteiger partial charge in [-0.15, -0.1) is 0 Å². The number of amides is 2. The second-order valence-electron chi connectivity index (χ2n) is 6.88. The molecule has 160 valence electrons. The van der Waals surface area contributed by atoms with Crippen LogP contribution in [0.1, 0.15) is 18.0 Å². The number of carbonyl (C=O) groups excluding carboxylic acids is 2. The number of ether oxygens (including phenoxy) is 1. The number of anilines is 2. The Bertz CT molecular complexity index is 1160. The minimum absolute atomic E-state index is 0.365. The van der Waals surface area contributed by atoms with Crippen LogP contribution >= 0.6 is 0 Å². The van der Waals surface area contributed by atoms with E-state index >= 15 is 0 Å². The summed E-state index contributed by atoms with van der Waals surface area (Å²) in [6, 6.07) is 10.8. The minimum Gasteiger partial charge on any atom is -0.497 e. The maximum atomic E-state index is 13.1. The molecule has 2 heterocycles. The Morgan fingerprint density at radius 2 is 2.00 bits per heavy atom. The summed E-state index contributed by atoms with van der Waals surface area (Å²) in [6.45, 7) is 0. The van der Waals surface area contributed by atoms with Gasteiger partial charge in [0.05, 0.1) is 31.0 Å². The van der Waals surface area contributed by atoms with E-state index in [0.29, 0.717) is 17.1 Å². The Hall–Kier alpha value is -3.82. The topological polar surface area (TPSA) is 85.2 Å². The summed E-state index contributed by atoms with van der Waals surface area (Å²) < 4.78 is 46.0. The number of nitrogens with one attached hydrogen (secondary N) is 2. The van der Waals surface area contributed by atoms with E-state index in [1.54, 1.807) is 24.4 Å². The van der Waals surface area contributed by atoms with Gasteiger partial charge in [-0.2, -0.15) is 18.3 Å². The van der Waals surface area contributed by atoms with Crippen LogP contribution in [0.2, 0.25) is 0 Å². The first-order chi connectivity index (χ1) is 14.8. The number of para-hydroxylation sites is 1. The van der Waals surface area contributed by atoms with Crippen molar-refractivity contribution in [1.82, 2.24) is 9.78 Å². The molecule has 31 heavy (non-hydrogen) atoms. The van der Waals surface area contributed by atoms with E-state index in [9.17, 15) is 22.8 Å². The fourth-order valence-electron chi connectivity index (χ4n) is 3.43. The normalized spacial score (nSPS) is 15.4. The maximum Gasteiger partial charge on any atom is 0.418 e. The Morgan fingerprint density at radius 3 is 2.74 bits per heavy atom. The van der Waals surface area contributed by atoms with Crippen LogP contribution in [0.25, 0.3) is 11.1 Å². The molecule has 0 saturated heterocycles. The van der Waals surface area contributed by atoms with Crippen LogP contribution in [0.4, 0.5) is 24.7 Å². The van der Waals surface area contributed by atoms with E-state index in [2.05, 4.69) is 15.7 Å². The molecule has 2 N–H and O–H groups in total. The van der Waals surface area contributed by atoms with Crippen molar-refractivity contribution in [3.05, 3.63) is 60.3 Å². The van der Waals surface area contributed by atoms with Crippen LogP contribution in [0.3, 0.4) is 0 Å². The van der Waals surface area contributed by atoms with E-state index in [4.69, 9.17) is 4.74 Å². The van der Waals surface area contributed by atoms with Gasteiger partial charge in [-0.25, -0.2) is 4.68 Å². The molecule has 3 aromatic rings. The highest BCUT2D eigenvalue weighted by molar-refractivity contribution is 6.04. The molecule has 4 rings (SSSR count). The van der Waals surface area contributed by atoms with E-state index in [1.807, 2.05) is 6.07 Å². The second kappa shape index (κ2) is 7.78. The molecule has 0 spiro atoms.